The zero-order chi connectivity index (χ0) is 13.4. The Hall–Kier alpha value is -0.320. The van der Waals surface area contributed by atoms with E-state index in [-0.39, 0.29) is 11.5 Å². The molecule has 2 atom stereocenters. The number of hydrogen-bond donors (Lipinski definition) is 1. The molecule has 1 saturated heterocycles. The van der Waals surface area contributed by atoms with Crippen LogP contribution < -0.4 is 0 Å². The first-order valence-corrected chi connectivity index (χ1v) is 6.60. The quantitative estimate of drug-likeness (QED) is 0.639. The maximum absolute atomic E-state index is 10.7. The number of alkyl halides is 1. The highest BCUT2D eigenvalue weighted by molar-refractivity contribution is 6.34. The summed E-state index contributed by atoms with van der Waals surface area (Å²) in [6.07, 6.45) is 3.97. The van der Waals surface area contributed by atoms with Crippen LogP contribution in [0.15, 0.2) is 35.9 Å². The minimum Gasteiger partial charge on any atom is -0.382 e. The summed E-state index contributed by atoms with van der Waals surface area (Å²) >= 11 is 12.7. The van der Waals surface area contributed by atoms with E-state index in [2.05, 4.69) is 13.2 Å². The summed E-state index contributed by atoms with van der Waals surface area (Å²) in [5.41, 5.74) is -0.742. The SMILES string of the molecule is C=CCC1=C(Cl)[C@](O)(CC=C)[C@H](Cl)C12OCCO2. The second-order valence-corrected chi connectivity index (χ2v) is 5.24. The minimum absolute atomic E-state index is 0.245. The Bertz CT molecular complexity index is 399. The number of allylic oxidation sites excluding steroid dienone is 1. The molecule has 2 aliphatic rings. The van der Waals surface area contributed by atoms with Gasteiger partial charge in [0.1, 0.15) is 11.0 Å². The number of hydrogen-bond acceptors (Lipinski definition) is 3. The normalized spacial score (nSPS) is 34.3. The first kappa shape index (κ1) is 14.1. The van der Waals surface area contributed by atoms with Crippen molar-refractivity contribution in [2.45, 2.75) is 29.6 Å². The Labute approximate surface area is 117 Å². The monoisotopic (exact) mass is 290 g/mol. The van der Waals surface area contributed by atoms with Crippen LogP contribution in [-0.2, 0) is 9.47 Å². The molecule has 2 rings (SSSR count). The van der Waals surface area contributed by atoms with E-state index in [1.54, 1.807) is 12.2 Å². The van der Waals surface area contributed by atoms with Crippen LogP contribution in [0.5, 0.6) is 0 Å². The molecule has 1 heterocycles. The molecular formula is C13H16Cl2O3. The van der Waals surface area contributed by atoms with Crippen molar-refractivity contribution in [3.05, 3.63) is 35.9 Å². The summed E-state index contributed by atoms with van der Waals surface area (Å²) in [6.45, 7) is 8.16. The Morgan fingerprint density at radius 1 is 1.33 bits per heavy atom. The fourth-order valence-corrected chi connectivity index (χ4v) is 3.44. The summed E-state index contributed by atoms with van der Waals surface area (Å²) in [4.78, 5) is 0. The second kappa shape index (κ2) is 4.99. The number of ether oxygens (including phenoxy) is 2. The number of rotatable bonds is 4. The van der Waals surface area contributed by atoms with E-state index < -0.39 is 16.8 Å². The van der Waals surface area contributed by atoms with Gasteiger partial charge in [0.2, 0.25) is 5.79 Å². The molecule has 5 heteroatoms. The van der Waals surface area contributed by atoms with Crippen LogP contribution in [0.2, 0.25) is 0 Å². The van der Waals surface area contributed by atoms with Crippen molar-refractivity contribution < 1.29 is 14.6 Å². The summed E-state index contributed by atoms with van der Waals surface area (Å²) in [7, 11) is 0. The lowest BCUT2D eigenvalue weighted by atomic mass is 9.96. The second-order valence-electron chi connectivity index (χ2n) is 4.43. The van der Waals surface area contributed by atoms with Gasteiger partial charge < -0.3 is 14.6 Å². The molecule has 1 spiro atoms. The molecule has 0 aromatic carbocycles. The van der Waals surface area contributed by atoms with Gasteiger partial charge in [-0.1, -0.05) is 23.8 Å². The maximum atomic E-state index is 10.7. The Kier molecular flexibility index (Phi) is 3.90. The van der Waals surface area contributed by atoms with Gasteiger partial charge in [0.15, 0.2) is 0 Å². The molecule has 3 nitrogen and oxygen atoms in total. The van der Waals surface area contributed by atoms with Crippen LogP contribution >= 0.6 is 23.2 Å². The summed E-state index contributed by atoms with van der Waals surface area (Å²) in [5.74, 6) is -1.13. The lowest BCUT2D eigenvalue weighted by Gasteiger charge is -2.33. The van der Waals surface area contributed by atoms with Gasteiger partial charge in [0, 0.05) is 12.0 Å². The molecule has 1 N–H and O–H groups in total. The van der Waals surface area contributed by atoms with Crippen LogP contribution in [-0.4, -0.2) is 35.1 Å². The Morgan fingerprint density at radius 3 is 2.44 bits per heavy atom. The molecule has 1 fully saturated rings. The van der Waals surface area contributed by atoms with E-state index >= 15 is 0 Å². The number of halogens is 2. The van der Waals surface area contributed by atoms with Crippen molar-refractivity contribution in [2.75, 3.05) is 13.2 Å². The molecule has 0 unspecified atom stereocenters. The third-order valence-electron chi connectivity index (χ3n) is 3.34. The maximum Gasteiger partial charge on any atom is 0.212 e. The molecular weight excluding hydrogens is 275 g/mol. The summed E-state index contributed by atoms with van der Waals surface area (Å²) in [5, 5.41) is 10.1. The van der Waals surface area contributed by atoms with E-state index in [1.165, 1.54) is 0 Å². The van der Waals surface area contributed by atoms with E-state index in [0.717, 1.165) is 0 Å². The molecule has 0 aromatic heterocycles. The standard InChI is InChI=1S/C13H16Cl2O3/c1-3-5-9-10(14)12(16,6-4-2)11(15)13(9)17-7-8-18-13/h3-4,11,16H,1-2,5-8H2/t11-,12+/m0/s1. The first-order valence-electron chi connectivity index (χ1n) is 5.78. The lowest BCUT2D eigenvalue weighted by molar-refractivity contribution is -0.142. The van der Waals surface area contributed by atoms with Gasteiger partial charge in [0.25, 0.3) is 0 Å². The predicted octanol–water partition coefficient (Wildman–Crippen LogP) is 2.73. The lowest BCUT2D eigenvalue weighted by Crippen LogP contribution is -2.49. The minimum atomic E-state index is -1.40. The van der Waals surface area contributed by atoms with Gasteiger partial charge in [-0.3, -0.25) is 0 Å². The highest BCUT2D eigenvalue weighted by Crippen LogP contribution is 2.54. The van der Waals surface area contributed by atoms with Gasteiger partial charge in [0.05, 0.1) is 18.2 Å². The molecule has 18 heavy (non-hydrogen) atoms. The highest BCUT2D eigenvalue weighted by atomic mass is 35.5. The van der Waals surface area contributed by atoms with E-state index in [9.17, 15) is 5.11 Å². The zero-order valence-corrected chi connectivity index (χ0v) is 11.5. The zero-order valence-electron chi connectivity index (χ0n) is 9.99. The van der Waals surface area contributed by atoms with Crippen LogP contribution in [0, 0.1) is 0 Å². The van der Waals surface area contributed by atoms with Crippen molar-refractivity contribution in [1.82, 2.24) is 0 Å². The van der Waals surface area contributed by atoms with Crippen molar-refractivity contribution in [3.63, 3.8) is 0 Å². The van der Waals surface area contributed by atoms with Gasteiger partial charge in [-0.2, -0.15) is 0 Å². The molecule has 0 aromatic rings. The molecule has 0 radical (unpaired) electrons. The van der Waals surface area contributed by atoms with Gasteiger partial charge >= 0.3 is 0 Å². The van der Waals surface area contributed by atoms with Crippen LogP contribution in [0.1, 0.15) is 12.8 Å². The Balaban J connectivity index is 2.49. The average Bonchev–Trinajstić information content (AvgIpc) is 2.88. The summed E-state index contributed by atoms with van der Waals surface area (Å²) in [6, 6.07) is 0. The van der Waals surface area contributed by atoms with Crippen molar-refractivity contribution in [1.29, 1.82) is 0 Å². The molecule has 0 bridgehead atoms. The van der Waals surface area contributed by atoms with E-state index in [0.29, 0.717) is 25.2 Å². The molecule has 0 saturated carbocycles. The van der Waals surface area contributed by atoms with Crippen molar-refractivity contribution in [2.24, 2.45) is 0 Å². The summed E-state index contributed by atoms with van der Waals surface area (Å²) < 4.78 is 11.3. The van der Waals surface area contributed by atoms with E-state index in [4.69, 9.17) is 32.7 Å². The molecule has 0 amide bonds. The topological polar surface area (TPSA) is 38.7 Å². The molecule has 1 aliphatic heterocycles. The Morgan fingerprint density at radius 2 is 1.94 bits per heavy atom. The predicted molar refractivity (Wildman–Crippen MR) is 71.7 cm³/mol. The van der Waals surface area contributed by atoms with Crippen molar-refractivity contribution >= 4 is 23.2 Å². The van der Waals surface area contributed by atoms with Crippen LogP contribution in [0.4, 0.5) is 0 Å². The smallest absolute Gasteiger partial charge is 0.212 e. The van der Waals surface area contributed by atoms with Gasteiger partial charge in [-0.15, -0.1) is 24.8 Å². The molecule has 100 valence electrons. The average molecular weight is 291 g/mol. The van der Waals surface area contributed by atoms with Crippen LogP contribution in [0.25, 0.3) is 0 Å². The van der Waals surface area contributed by atoms with Crippen LogP contribution in [0.3, 0.4) is 0 Å². The third kappa shape index (κ3) is 1.77. The van der Waals surface area contributed by atoms with Gasteiger partial charge in [-0.25, -0.2) is 0 Å². The first-order chi connectivity index (χ1) is 8.53. The number of aliphatic hydroxyl groups is 1. The van der Waals surface area contributed by atoms with Gasteiger partial charge in [-0.05, 0) is 6.42 Å². The third-order valence-corrected chi connectivity index (χ3v) is 4.54. The molecule has 1 aliphatic carbocycles. The fraction of sp³-hybridized carbons (Fsp3) is 0.538. The highest BCUT2D eigenvalue weighted by Gasteiger charge is 2.63. The van der Waals surface area contributed by atoms with E-state index in [1.807, 2.05) is 0 Å². The van der Waals surface area contributed by atoms with Crippen molar-refractivity contribution in [3.8, 4) is 0 Å². The largest absolute Gasteiger partial charge is 0.382 e. The fourth-order valence-electron chi connectivity index (χ4n) is 2.53.